The van der Waals surface area contributed by atoms with E-state index in [0.717, 1.165) is 0 Å². The summed E-state index contributed by atoms with van der Waals surface area (Å²) in [5.74, 6) is 3.90. The number of fused-ring (bicyclic) bond motifs is 2. The van der Waals surface area contributed by atoms with Crippen LogP contribution in [0.25, 0.3) is 12.2 Å². The van der Waals surface area contributed by atoms with Gasteiger partial charge < -0.3 is 0 Å². The highest BCUT2D eigenvalue weighted by molar-refractivity contribution is 5.76. The molecule has 0 heteroatoms. The SMILES string of the molecule is CC(C)C1=Cc2c(C(C)C)ccc(C(C)C)c2C1C(C)(C)C1C(C(C)C)=Cc2c(C(C)C)ccc(C(C)C)c21. The largest absolute Gasteiger partial charge is 0.0590 e. The van der Waals surface area contributed by atoms with E-state index in [9.17, 15) is 0 Å². The predicted molar refractivity (Wildman–Crippen MR) is 174 cm³/mol. The first-order valence-corrected chi connectivity index (χ1v) is 15.9. The van der Waals surface area contributed by atoms with Crippen LogP contribution in [-0.4, -0.2) is 0 Å². The Labute approximate surface area is 241 Å². The molecular formula is C39H56. The van der Waals surface area contributed by atoms with E-state index in [1.807, 2.05) is 0 Å². The topological polar surface area (TPSA) is 0 Å². The van der Waals surface area contributed by atoms with E-state index in [4.69, 9.17) is 0 Å². The van der Waals surface area contributed by atoms with Crippen LogP contribution in [0.4, 0.5) is 0 Å². The smallest absolute Gasteiger partial charge is 0.0123 e. The summed E-state index contributed by atoms with van der Waals surface area (Å²) in [6.07, 6.45) is 5.24. The van der Waals surface area contributed by atoms with E-state index in [1.54, 1.807) is 33.4 Å². The first-order valence-electron chi connectivity index (χ1n) is 15.9. The van der Waals surface area contributed by atoms with Gasteiger partial charge in [-0.3, -0.25) is 0 Å². The Balaban J connectivity index is 2.06. The van der Waals surface area contributed by atoms with E-state index in [2.05, 4.69) is 133 Å². The second-order valence-corrected chi connectivity index (χ2v) is 15.0. The Morgan fingerprint density at radius 1 is 0.436 bits per heavy atom. The van der Waals surface area contributed by atoms with Crippen molar-refractivity contribution in [1.29, 1.82) is 0 Å². The molecule has 39 heavy (non-hydrogen) atoms. The van der Waals surface area contributed by atoms with Crippen molar-refractivity contribution >= 4 is 12.2 Å². The molecule has 2 aliphatic rings. The molecule has 0 saturated heterocycles. The van der Waals surface area contributed by atoms with Crippen molar-refractivity contribution in [2.24, 2.45) is 17.3 Å². The van der Waals surface area contributed by atoms with E-state index in [0.29, 0.717) is 47.3 Å². The van der Waals surface area contributed by atoms with Crippen LogP contribution in [0.1, 0.15) is 177 Å². The number of allylic oxidation sites excluding steroid dienone is 2. The normalized spacial score (nSPS) is 19.2. The van der Waals surface area contributed by atoms with Crippen molar-refractivity contribution in [3.63, 3.8) is 0 Å². The van der Waals surface area contributed by atoms with Crippen molar-refractivity contribution in [2.45, 2.75) is 132 Å². The lowest BCUT2D eigenvalue weighted by molar-refractivity contribution is 0.255. The maximum atomic E-state index is 2.62. The average molecular weight is 525 g/mol. The molecule has 0 aliphatic heterocycles. The zero-order valence-corrected chi connectivity index (χ0v) is 27.6. The first kappa shape index (κ1) is 29.9. The molecule has 0 nitrogen and oxygen atoms in total. The molecule has 212 valence electrons. The van der Waals surface area contributed by atoms with Crippen LogP contribution in [0, 0.1) is 17.3 Å². The Bertz CT molecular complexity index is 1190. The van der Waals surface area contributed by atoms with Crippen molar-refractivity contribution < 1.29 is 0 Å². The van der Waals surface area contributed by atoms with Gasteiger partial charge in [-0.05, 0) is 85.4 Å². The van der Waals surface area contributed by atoms with Crippen LogP contribution in [0.2, 0.25) is 0 Å². The lowest BCUT2D eigenvalue weighted by Gasteiger charge is -2.45. The van der Waals surface area contributed by atoms with Gasteiger partial charge in [-0.2, -0.15) is 0 Å². The van der Waals surface area contributed by atoms with Gasteiger partial charge in [-0.15, -0.1) is 0 Å². The summed E-state index contributed by atoms with van der Waals surface area (Å²) in [5, 5.41) is 0. The van der Waals surface area contributed by atoms with Crippen LogP contribution in [0.15, 0.2) is 35.4 Å². The summed E-state index contributed by atoms with van der Waals surface area (Å²) in [5.41, 5.74) is 15.8. The Morgan fingerprint density at radius 3 is 0.974 bits per heavy atom. The second-order valence-electron chi connectivity index (χ2n) is 15.0. The predicted octanol–water partition coefficient (Wildman–Crippen LogP) is 12.2. The van der Waals surface area contributed by atoms with Gasteiger partial charge in [0, 0.05) is 11.8 Å². The molecule has 0 spiro atoms. The highest BCUT2D eigenvalue weighted by Gasteiger charge is 2.49. The third kappa shape index (κ3) is 4.89. The number of rotatable bonds is 8. The fourth-order valence-electron chi connectivity index (χ4n) is 7.92. The maximum absolute atomic E-state index is 2.62. The summed E-state index contributed by atoms with van der Waals surface area (Å²) < 4.78 is 0. The molecule has 0 amide bonds. The molecule has 2 atom stereocenters. The van der Waals surface area contributed by atoms with E-state index in [1.165, 1.54) is 22.3 Å². The zero-order valence-electron chi connectivity index (χ0n) is 27.6. The molecule has 0 bridgehead atoms. The third-order valence-corrected chi connectivity index (χ3v) is 9.88. The molecule has 0 radical (unpaired) electrons. The van der Waals surface area contributed by atoms with Crippen LogP contribution in [0.3, 0.4) is 0 Å². The van der Waals surface area contributed by atoms with E-state index in [-0.39, 0.29) is 5.41 Å². The van der Waals surface area contributed by atoms with E-state index < -0.39 is 0 Å². The Kier molecular flexibility index (Phi) is 8.22. The second kappa shape index (κ2) is 10.7. The highest BCUT2D eigenvalue weighted by atomic mass is 14.5. The molecule has 0 heterocycles. The van der Waals surface area contributed by atoms with Gasteiger partial charge in [-0.25, -0.2) is 0 Å². The molecule has 4 rings (SSSR count). The molecule has 2 aromatic rings. The lowest BCUT2D eigenvalue weighted by Crippen LogP contribution is -2.33. The molecule has 2 aromatic carbocycles. The summed E-state index contributed by atoms with van der Waals surface area (Å²) in [7, 11) is 0. The quantitative estimate of drug-likeness (QED) is 0.322. The lowest BCUT2D eigenvalue weighted by atomic mass is 9.58. The van der Waals surface area contributed by atoms with Crippen LogP contribution >= 0.6 is 0 Å². The zero-order chi connectivity index (χ0) is 29.1. The van der Waals surface area contributed by atoms with Crippen LogP contribution in [0.5, 0.6) is 0 Å². The Morgan fingerprint density at radius 2 is 0.718 bits per heavy atom. The minimum atomic E-state index is 0.0290. The van der Waals surface area contributed by atoms with Crippen molar-refractivity contribution in [1.82, 2.24) is 0 Å². The minimum Gasteiger partial charge on any atom is -0.0590 e. The van der Waals surface area contributed by atoms with Gasteiger partial charge in [0.1, 0.15) is 0 Å². The summed E-state index contributed by atoms with van der Waals surface area (Å²) in [4.78, 5) is 0. The fourth-order valence-corrected chi connectivity index (χ4v) is 7.92. The summed E-state index contributed by atoms with van der Waals surface area (Å²) in [6.45, 7) is 33.9. The van der Waals surface area contributed by atoms with Crippen LogP contribution < -0.4 is 0 Å². The molecule has 0 saturated carbocycles. The van der Waals surface area contributed by atoms with E-state index >= 15 is 0 Å². The van der Waals surface area contributed by atoms with Gasteiger partial charge in [0.05, 0.1) is 0 Å². The third-order valence-electron chi connectivity index (χ3n) is 9.88. The molecule has 0 aromatic heterocycles. The number of hydrogen-bond donors (Lipinski definition) is 0. The first-order chi connectivity index (χ1) is 18.1. The molecular weight excluding hydrogens is 468 g/mol. The fraction of sp³-hybridized carbons (Fsp3) is 0.590. The number of benzene rings is 2. The number of hydrogen-bond acceptors (Lipinski definition) is 0. The maximum Gasteiger partial charge on any atom is 0.0123 e. The van der Waals surface area contributed by atoms with Gasteiger partial charge in [0.2, 0.25) is 0 Å². The van der Waals surface area contributed by atoms with Gasteiger partial charge in [0.25, 0.3) is 0 Å². The molecule has 0 fully saturated rings. The molecule has 2 aliphatic carbocycles. The van der Waals surface area contributed by atoms with Crippen molar-refractivity contribution in [2.75, 3.05) is 0 Å². The molecule has 0 N–H and O–H groups in total. The monoisotopic (exact) mass is 524 g/mol. The van der Waals surface area contributed by atoms with Crippen LogP contribution in [-0.2, 0) is 0 Å². The standard InChI is InChI=1S/C39H56/c1-21(2)27-15-17-29(23(5)6)35-33(27)19-31(25(9)10)37(35)39(13,14)38-32(26(11)12)20-34-28(22(3)4)16-18-30(24(7)8)36(34)38/h15-26,37-38H,1-14H3. The Hall–Kier alpha value is -2.08. The highest BCUT2D eigenvalue weighted by Crippen LogP contribution is 2.63. The van der Waals surface area contributed by atoms with Gasteiger partial charge in [-0.1, -0.05) is 144 Å². The van der Waals surface area contributed by atoms with Crippen molar-refractivity contribution in [3.8, 4) is 0 Å². The van der Waals surface area contributed by atoms with Crippen molar-refractivity contribution in [3.05, 3.63) is 79.9 Å². The molecule has 2 unspecified atom stereocenters. The van der Waals surface area contributed by atoms with Gasteiger partial charge >= 0.3 is 0 Å². The minimum absolute atomic E-state index is 0.0290. The summed E-state index contributed by atoms with van der Waals surface area (Å²) in [6, 6.07) is 9.80. The summed E-state index contributed by atoms with van der Waals surface area (Å²) >= 11 is 0. The average Bonchev–Trinajstić information content (AvgIpc) is 3.43. The van der Waals surface area contributed by atoms with Gasteiger partial charge in [0.15, 0.2) is 0 Å².